The van der Waals surface area contributed by atoms with Gasteiger partial charge in [0.15, 0.2) is 5.75 Å². The molecule has 3 aromatic rings. The van der Waals surface area contributed by atoms with E-state index < -0.39 is 0 Å². The van der Waals surface area contributed by atoms with Gasteiger partial charge in [-0.2, -0.15) is 0 Å². The number of ether oxygens (including phenoxy) is 1. The molecule has 0 fully saturated rings. The fourth-order valence-corrected chi connectivity index (χ4v) is 3.34. The molecule has 6 heteroatoms. The van der Waals surface area contributed by atoms with Gasteiger partial charge in [0.1, 0.15) is 12.4 Å². The summed E-state index contributed by atoms with van der Waals surface area (Å²) in [6.07, 6.45) is 0. The van der Waals surface area contributed by atoms with E-state index >= 15 is 0 Å². The summed E-state index contributed by atoms with van der Waals surface area (Å²) in [5.74, 6) is 0.609. The van der Waals surface area contributed by atoms with E-state index in [1.807, 2.05) is 24.3 Å². The first-order chi connectivity index (χ1) is 12.9. The normalized spacial score (nSPS) is 10.7. The maximum atomic E-state index is 9.67. The third kappa shape index (κ3) is 5.23. The summed E-state index contributed by atoms with van der Waals surface area (Å²) in [7, 11) is 0. The molecule has 0 aliphatic rings. The summed E-state index contributed by atoms with van der Waals surface area (Å²) in [6, 6.07) is 16.9. The predicted octanol–water partition coefficient (Wildman–Crippen LogP) is 6.85. The number of aromatic hydroxyl groups is 1. The number of nitrogens with one attached hydrogen (secondary N) is 1. The van der Waals surface area contributed by atoms with Gasteiger partial charge in [-0.25, -0.2) is 0 Å². The highest BCUT2D eigenvalue weighted by atomic mass is 35.5. The molecule has 0 aromatic heterocycles. The molecule has 3 aromatic carbocycles. The maximum absolute atomic E-state index is 9.67. The van der Waals surface area contributed by atoms with Crippen LogP contribution in [-0.4, -0.2) is 5.11 Å². The van der Waals surface area contributed by atoms with Crippen LogP contribution in [0.2, 0.25) is 15.1 Å². The van der Waals surface area contributed by atoms with Gasteiger partial charge in [0.05, 0.1) is 10.0 Å². The molecule has 0 saturated carbocycles. The lowest BCUT2D eigenvalue weighted by molar-refractivity contribution is 0.303. The number of rotatable bonds is 6. The van der Waals surface area contributed by atoms with E-state index in [9.17, 15) is 5.11 Å². The highest BCUT2D eigenvalue weighted by Crippen LogP contribution is 2.35. The van der Waals surface area contributed by atoms with Crippen LogP contribution in [0, 0.1) is 6.92 Å². The molecule has 0 heterocycles. The van der Waals surface area contributed by atoms with Crippen molar-refractivity contribution in [2.75, 3.05) is 5.32 Å². The predicted molar refractivity (Wildman–Crippen MR) is 112 cm³/mol. The Balaban J connectivity index is 1.74. The lowest BCUT2D eigenvalue weighted by Gasteiger charge is -2.14. The number of halogens is 3. The molecule has 3 rings (SSSR count). The van der Waals surface area contributed by atoms with E-state index in [0.717, 1.165) is 16.9 Å². The minimum atomic E-state index is -0.131. The largest absolute Gasteiger partial charge is 0.505 e. The van der Waals surface area contributed by atoms with Gasteiger partial charge in [0.25, 0.3) is 0 Å². The third-order valence-electron chi connectivity index (χ3n) is 4.00. The Kier molecular flexibility index (Phi) is 6.38. The average molecular weight is 423 g/mol. The summed E-state index contributed by atoms with van der Waals surface area (Å²) in [5.41, 5.74) is 3.87. The van der Waals surface area contributed by atoms with Gasteiger partial charge in [0, 0.05) is 22.8 Å². The average Bonchev–Trinajstić information content (AvgIpc) is 2.63. The van der Waals surface area contributed by atoms with Crippen molar-refractivity contribution in [3.63, 3.8) is 0 Å². The minimum absolute atomic E-state index is 0.131. The Morgan fingerprint density at radius 1 is 0.963 bits per heavy atom. The molecule has 2 N–H and O–H groups in total. The Morgan fingerprint density at radius 2 is 1.70 bits per heavy atom. The van der Waals surface area contributed by atoms with Crippen molar-refractivity contribution < 1.29 is 9.84 Å². The Bertz CT molecular complexity index is 937. The van der Waals surface area contributed by atoms with Gasteiger partial charge in [-0.15, -0.1) is 0 Å². The van der Waals surface area contributed by atoms with Crippen LogP contribution in [0.25, 0.3) is 0 Å². The molecular formula is C21H18Cl3NO2. The van der Waals surface area contributed by atoms with Crippen molar-refractivity contribution in [1.82, 2.24) is 0 Å². The second-order valence-corrected chi connectivity index (χ2v) is 7.42. The zero-order valence-corrected chi connectivity index (χ0v) is 16.9. The van der Waals surface area contributed by atoms with Gasteiger partial charge < -0.3 is 15.2 Å². The number of benzene rings is 3. The number of hydrogen-bond acceptors (Lipinski definition) is 3. The summed E-state index contributed by atoms with van der Waals surface area (Å²) >= 11 is 18.1. The van der Waals surface area contributed by atoms with Gasteiger partial charge >= 0.3 is 0 Å². The van der Waals surface area contributed by atoms with Crippen LogP contribution in [-0.2, 0) is 13.2 Å². The molecule has 0 unspecified atom stereocenters. The van der Waals surface area contributed by atoms with Crippen molar-refractivity contribution in [3.05, 3.63) is 86.4 Å². The quantitative estimate of drug-likeness (QED) is 0.427. The van der Waals surface area contributed by atoms with Crippen molar-refractivity contribution in [3.8, 4) is 11.5 Å². The minimum Gasteiger partial charge on any atom is -0.505 e. The first-order valence-electron chi connectivity index (χ1n) is 8.31. The molecule has 0 aliphatic carbocycles. The monoisotopic (exact) mass is 421 g/mol. The number of aryl methyl sites for hydroxylation is 1. The lowest BCUT2D eigenvalue weighted by atomic mass is 10.1. The Morgan fingerprint density at radius 3 is 2.41 bits per heavy atom. The molecule has 3 nitrogen and oxygen atoms in total. The Labute approximate surface area is 173 Å². The van der Waals surface area contributed by atoms with E-state index in [2.05, 4.69) is 24.4 Å². The van der Waals surface area contributed by atoms with Crippen molar-refractivity contribution >= 4 is 40.5 Å². The molecule has 0 bridgehead atoms. The van der Waals surface area contributed by atoms with E-state index in [4.69, 9.17) is 39.5 Å². The summed E-state index contributed by atoms with van der Waals surface area (Å²) in [4.78, 5) is 0. The summed E-state index contributed by atoms with van der Waals surface area (Å²) in [6.45, 7) is 2.98. The molecule has 0 radical (unpaired) electrons. The highest BCUT2D eigenvalue weighted by molar-refractivity contribution is 6.37. The molecule has 27 heavy (non-hydrogen) atoms. The summed E-state index contributed by atoms with van der Waals surface area (Å²) in [5, 5.41) is 13.9. The van der Waals surface area contributed by atoms with Gasteiger partial charge in [0.2, 0.25) is 0 Å². The van der Waals surface area contributed by atoms with Gasteiger partial charge in [-0.3, -0.25) is 0 Å². The van der Waals surface area contributed by atoms with E-state index in [1.54, 1.807) is 18.2 Å². The number of phenols is 1. The molecule has 0 spiro atoms. The molecule has 0 saturated heterocycles. The fraction of sp³-hybridized carbons (Fsp3) is 0.143. The van der Waals surface area contributed by atoms with Crippen LogP contribution < -0.4 is 10.1 Å². The fourth-order valence-electron chi connectivity index (χ4n) is 2.65. The van der Waals surface area contributed by atoms with Crippen LogP contribution in [0.4, 0.5) is 5.69 Å². The highest BCUT2D eigenvalue weighted by Gasteiger charge is 2.09. The molecule has 0 aliphatic heterocycles. The third-order valence-corrected chi connectivity index (χ3v) is 4.81. The van der Waals surface area contributed by atoms with Gasteiger partial charge in [-0.05, 0) is 42.8 Å². The van der Waals surface area contributed by atoms with Crippen LogP contribution in [0.15, 0.2) is 54.6 Å². The van der Waals surface area contributed by atoms with Crippen LogP contribution in [0.5, 0.6) is 11.5 Å². The van der Waals surface area contributed by atoms with Gasteiger partial charge in [-0.1, -0.05) is 64.6 Å². The first-order valence-corrected chi connectivity index (χ1v) is 9.44. The SMILES string of the molecule is Cc1cccc(COc2ccc(Cl)cc2CNc2cc(Cl)c(O)c(Cl)c2)c1. The second-order valence-electron chi connectivity index (χ2n) is 6.17. The van der Waals surface area contributed by atoms with Crippen LogP contribution >= 0.6 is 34.8 Å². The first kappa shape index (κ1) is 19.7. The van der Waals surface area contributed by atoms with E-state index in [-0.39, 0.29) is 15.8 Å². The van der Waals surface area contributed by atoms with Crippen LogP contribution in [0.1, 0.15) is 16.7 Å². The van der Waals surface area contributed by atoms with Crippen molar-refractivity contribution in [1.29, 1.82) is 0 Å². The van der Waals surface area contributed by atoms with E-state index in [1.165, 1.54) is 5.56 Å². The smallest absolute Gasteiger partial charge is 0.152 e. The molecule has 140 valence electrons. The van der Waals surface area contributed by atoms with Crippen molar-refractivity contribution in [2.24, 2.45) is 0 Å². The number of anilines is 1. The Hall–Kier alpha value is -2.07. The number of phenolic OH excluding ortho intramolecular Hbond substituents is 1. The van der Waals surface area contributed by atoms with Crippen LogP contribution in [0.3, 0.4) is 0 Å². The molecule has 0 amide bonds. The topological polar surface area (TPSA) is 41.5 Å². The number of hydrogen-bond donors (Lipinski definition) is 2. The zero-order valence-electron chi connectivity index (χ0n) is 14.6. The lowest BCUT2D eigenvalue weighted by Crippen LogP contribution is -2.04. The zero-order chi connectivity index (χ0) is 19.4. The molecule has 0 atom stereocenters. The second kappa shape index (κ2) is 8.75. The standard InChI is InChI=1S/C21H18Cl3NO2/c1-13-3-2-4-14(7-13)12-27-20-6-5-16(22)8-15(20)11-25-17-9-18(23)21(26)19(24)10-17/h2-10,25-26H,11-12H2,1H3. The van der Waals surface area contributed by atoms with E-state index in [0.29, 0.717) is 23.9 Å². The van der Waals surface area contributed by atoms with Crippen molar-refractivity contribution in [2.45, 2.75) is 20.1 Å². The summed E-state index contributed by atoms with van der Waals surface area (Å²) < 4.78 is 6.00. The molecular weight excluding hydrogens is 405 g/mol. The maximum Gasteiger partial charge on any atom is 0.152 e.